The van der Waals surface area contributed by atoms with Crippen LogP contribution in [0.3, 0.4) is 0 Å². The van der Waals surface area contributed by atoms with Gasteiger partial charge in [-0.15, -0.1) is 28.1 Å². The number of benzene rings is 2. The summed E-state index contributed by atoms with van der Waals surface area (Å²) in [6.45, 7) is 6.65. The summed E-state index contributed by atoms with van der Waals surface area (Å²) in [4.78, 5) is 4.80. The Morgan fingerprint density at radius 3 is 2.68 bits per heavy atom. The third-order valence-corrected chi connectivity index (χ3v) is 6.17. The standard InChI is InChI=1S/C22H20N4S2/c1-3-12-26-20(17-9-5-4-6-10-17)24-25-22(26)28-15-19-14-27-21(23-19)18-11-7-8-16(2)13-18/h3-11,13-14H,1,12,15H2,2H3. The minimum atomic E-state index is 0.672. The third kappa shape index (κ3) is 4.08. The van der Waals surface area contributed by atoms with Gasteiger partial charge in [0.15, 0.2) is 11.0 Å². The number of hydrogen-bond donors (Lipinski definition) is 0. The van der Waals surface area contributed by atoms with Gasteiger partial charge >= 0.3 is 0 Å². The average Bonchev–Trinajstić information content (AvgIpc) is 3.35. The second kappa shape index (κ2) is 8.54. The van der Waals surface area contributed by atoms with E-state index in [9.17, 15) is 0 Å². The molecular weight excluding hydrogens is 384 g/mol. The van der Waals surface area contributed by atoms with Crippen molar-refractivity contribution in [3.05, 3.63) is 83.9 Å². The van der Waals surface area contributed by atoms with Crippen LogP contribution in [0.15, 0.2) is 77.8 Å². The van der Waals surface area contributed by atoms with E-state index in [1.165, 1.54) is 11.1 Å². The van der Waals surface area contributed by atoms with E-state index in [0.717, 1.165) is 33.0 Å². The highest BCUT2D eigenvalue weighted by Gasteiger charge is 2.14. The summed E-state index contributed by atoms with van der Waals surface area (Å²) in [5.41, 5.74) is 4.53. The monoisotopic (exact) mass is 404 g/mol. The van der Waals surface area contributed by atoms with Crippen LogP contribution in [0, 0.1) is 6.92 Å². The molecule has 0 radical (unpaired) electrons. The zero-order chi connectivity index (χ0) is 19.3. The first-order valence-electron chi connectivity index (χ1n) is 8.98. The van der Waals surface area contributed by atoms with Gasteiger partial charge in [0.05, 0.1) is 5.69 Å². The van der Waals surface area contributed by atoms with Crippen LogP contribution in [-0.2, 0) is 12.3 Å². The van der Waals surface area contributed by atoms with Gasteiger partial charge in [-0.3, -0.25) is 4.57 Å². The molecule has 0 saturated carbocycles. The highest BCUT2D eigenvalue weighted by Crippen LogP contribution is 2.29. The first kappa shape index (κ1) is 18.7. The molecule has 0 amide bonds. The Kier molecular flexibility index (Phi) is 5.69. The van der Waals surface area contributed by atoms with E-state index in [2.05, 4.69) is 57.9 Å². The van der Waals surface area contributed by atoms with Crippen molar-refractivity contribution in [2.24, 2.45) is 0 Å². The lowest BCUT2D eigenvalue weighted by atomic mass is 10.1. The normalized spacial score (nSPS) is 10.9. The van der Waals surface area contributed by atoms with Gasteiger partial charge in [-0.1, -0.05) is 71.9 Å². The number of hydrogen-bond acceptors (Lipinski definition) is 5. The quantitative estimate of drug-likeness (QED) is 0.286. The van der Waals surface area contributed by atoms with Gasteiger partial charge in [0.2, 0.25) is 0 Å². The Labute approximate surface area is 173 Å². The van der Waals surface area contributed by atoms with Crippen molar-refractivity contribution < 1.29 is 0 Å². The number of nitrogens with zero attached hydrogens (tertiary/aromatic N) is 4. The van der Waals surface area contributed by atoms with E-state index < -0.39 is 0 Å². The Balaban J connectivity index is 1.53. The second-order valence-corrected chi connectivity index (χ2v) is 8.17. The van der Waals surface area contributed by atoms with Crippen molar-refractivity contribution >= 4 is 23.1 Å². The van der Waals surface area contributed by atoms with Crippen LogP contribution in [0.25, 0.3) is 22.0 Å². The van der Waals surface area contributed by atoms with Gasteiger partial charge < -0.3 is 0 Å². The number of thiazole rings is 1. The topological polar surface area (TPSA) is 43.6 Å². The average molecular weight is 405 g/mol. The fraction of sp³-hybridized carbons (Fsp3) is 0.136. The maximum absolute atomic E-state index is 4.80. The van der Waals surface area contributed by atoms with Crippen LogP contribution >= 0.6 is 23.1 Å². The molecule has 4 nitrogen and oxygen atoms in total. The Morgan fingerprint density at radius 1 is 1.07 bits per heavy atom. The molecule has 0 aliphatic rings. The first-order valence-corrected chi connectivity index (χ1v) is 10.8. The van der Waals surface area contributed by atoms with Gasteiger partial charge in [0.1, 0.15) is 5.01 Å². The molecule has 0 aliphatic carbocycles. The van der Waals surface area contributed by atoms with Gasteiger partial charge in [-0.25, -0.2) is 4.98 Å². The van der Waals surface area contributed by atoms with E-state index in [1.54, 1.807) is 23.1 Å². The first-order chi connectivity index (χ1) is 13.7. The fourth-order valence-electron chi connectivity index (χ4n) is 2.91. The highest BCUT2D eigenvalue weighted by atomic mass is 32.2. The van der Waals surface area contributed by atoms with Crippen LogP contribution in [0.4, 0.5) is 0 Å². The number of aryl methyl sites for hydroxylation is 1. The van der Waals surface area contributed by atoms with Crippen molar-refractivity contribution in [1.82, 2.24) is 19.7 Å². The molecule has 140 valence electrons. The summed E-state index contributed by atoms with van der Waals surface area (Å²) in [5, 5.41) is 12.9. The maximum Gasteiger partial charge on any atom is 0.192 e. The molecule has 6 heteroatoms. The number of rotatable bonds is 7. The predicted molar refractivity (Wildman–Crippen MR) is 118 cm³/mol. The number of allylic oxidation sites excluding steroid dienone is 1. The molecule has 2 heterocycles. The third-order valence-electron chi connectivity index (χ3n) is 4.23. The van der Waals surface area contributed by atoms with Gasteiger partial charge in [0, 0.05) is 28.8 Å². The molecule has 0 unspecified atom stereocenters. The fourth-order valence-corrected chi connectivity index (χ4v) is 4.67. The molecule has 0 atom stereocenters. The van der Waals surface area contributed by atoms with Crippen molar-refractivity contribution in [3.8, 4) is 22.0 Å². The summed E-state index contributed by atoms with van der Waals surface area (Å²) in [6.07, 6.45) is 1.87. The molecule has 0 spiro atoms. The molecule has 4 rings (SSSR count). The SMILES string of the molecule is C=CCn1c(SCc2csc(-c3cccc(C)c3)n2)nnc1-c1ccccc1. The zero-order valence-corrected chi connectivity index (χ0v) is 17.2. The Hall–Kier alpha value is -2.70. The molecule has 0 fully saturated rings. The lowest BCUT2D eigenvalue weighted by molar-refractivity contribution is 0.731. The Morgan fingerprint density at radius 2 is 1.89 bits per heavy atom. The summed E-state index contributed by atoms with van der Waals surface area (Å²) < 4.78 is 2.10. The van der Waals surface area contributed by atoms with Crippen molar-refractivity contribution in [2.45, 2.75) is 24.4 Å². The van der Waals surface area contributed by atoms with Crippen LogP contribution in [0.2, 0.25) is 0 Å². The van der Waals surface area contributed by atoms with Crippen LogP contribution < -0.4 is 0 Å². The van der Waals surface area contributed by atoms with Crippen molar-refractivity contribution in [1.29, 1.82) is 0 Å². The number of aromatic nitrogens is 4. The van der Waals surface area contributed by atoms with E-state index in [-0.39, 0.29) is 0 Å². The molecule has 0 N–H and O–H groups in total. The Bertz CT molecular complexity index is 1080. The molecule has 2 aromatic carbocycles. The lowest BCUT2D eigenvalue weighted by Gasteiger charge is -2.07. The smallest absolute Gasteiger partial charge is 0.192 e. The maximum atomic E-state index is 4.80. The lowest BCUT2D eigenvalue weighted by Crippen LogP contribution is -2.00. The molecule has 0 saturated heterocycles. The second-order valence-electron chi connectivity index (χ2n) is 6.37. The van der Waals surface area contributed by atoms with Gasteiger partial charge in [0.25, 0.3) is 0 Å². The number of thioether (sulfide) groups is 1. The molecule has 0 bridgehead atoms. The zero-order valence-electron chi connectivity index (χ0n) is 15.6. The van der Waals surface area contributed by atoms with E-state index in [1.807, 2.05) is 36.4 Å². The molecule has 0 aliphatic heterocycles. The van der Waals surface area contributed by atoms with E-state index in [4.69, 9.17) is 4.98 Å². The minimum absolute atomic E-state index is 0.672. The minimum Gasteiger partial charge on any atom is -0.298 e. The van der Waals surface area contributed by atoms with Gasteiger partial charge in [-0.2, -0.15) is 0 Å². The summed E-state index contributed by atoms with van der Waals surface area (Å²) >= 11 is 3.33. The summed E-state index contributed by atoms with van der Waals surface area (Å²) in [5.74, 6) is 1.62. The predicted octanol–water partition coefficient (Wildman–Crippen LogP) is 5.86. The molecule has 28 heavy (non-hydrogen) atoms. The molecule has 4 aromatic rings. The van der Waals surface area contributed by atoms with E-state index in [0.29, 0.717) is 6.54 Å². The van der Waals surface area contributed by atoms with Crippen molar-refractivity contribution in [3.63, 3.8) is 0 Å². The van der Waals surface area contributed by atoms with Gasteiger partial charge in [-0.05, 0) is 13.0 Å². The van der Waals surface area contributed by atoms with Crippen LogP contribution in [0.5, 0.6) is 0 Å². The molecular formula is C22H20N4S2. The van der Waals surface area contributed by atoms with Crippen molar-refractivity contribution in [2.75, 3.05) is 0 Å². The summed E-state index contributed by atoms with van der Waals surface area (Å²) in [7, 11) is 0. The summed E-state index contributed by atoms with van der Waals surface area (Å²) in [6, 6.07) is 18.6. The highest BCUT2D eigenvalue weighted by molar-refractivity contribution is 7.98. The van der Waals surface area contributed by atoms with E-state index >= 15 is 0 Å². The largest absolute Gasteiger partial charge is 0.298 e. The molecule has 2 aromatic heterocycles. The van der Waals surface area contributed by atoms with Crippen LogP contribution in [0.1, 0.15) is 11.3 Å². The van der Waals surface area contributed by atoms with Crippen LogP contribution in [-0.4, -0.2) is 19.7 Å².